The Hall–Kier alpha value is -3.59. The Morgan fingerprint density at radius 2 is 2.13 bits per heavy atom. The summed E-state index contributed by atoms with van der Waals surface area (Å²) in [6, 6.07) is 11.2. The van der Waals surface area contributed by atoms with Crippen LogP contribution in [0.3, 0.4) is 0 Å². The first kappa shape index (κ1) is 19.4. The molecule has 158 valence electrons. The number of amides is 1. The molecule has 0 N–H and O–H groups in total. The SMILES string of the molecule is COc1cc(C=C2C(=O)N=C3OCCCN23)ccc1OCn1nnc2cc(Cl)ccc21. The Labute approximate surface area is 182 Å². The molecule has 10 heteroatoms. The van der Waals surface area contributed by atoms with Gasteiger partial charge in [-0.05, 0) is 48.4 Å². The van der Waals surface area contributed by atoms with Crippen molar-refractivity contribution in [3.05, 3.63) is 52.7 Å². The van der Waals surface area contributed by atoms with E-state index >= 15 is 0 Å². The first-order valence-electron chi connectivity index (χ1n) is 9.67. The maximum atomic E-state index is 12.3. The second-order valence-electron chi connectivity index (χ2n) is 6.99. The van der Waals surface area contributed by atoms with E-state index in [9.17, 15) is 4.79 Å². The van der Waals surface area contributed by atoms with Crippen molar-refractivity contribution in [1.29, 1.82) is 0 Å². The number of ether oxygens (including phenoxy) is 3. The molecule has 2 aromatic carbocycles. The van der Waals surface area contributed by atoms with E-state index in [-0.39, 0.29) is 12.6 Å². The number of amidine groups is 1. The van der Waals surface area contributed by atoms with Gasteiger partial charge in [0.05, 0.1) is 19.2 Å². The molecule has 3 aromatic rings. The van der Waals surface area contributed by atoms with Crippen LogP contribution in [-0.2, 0) is 16.3 Å². The van der Waals surface area contributed by atoms with E-state index in [0.717, 1.165) is 17.5 Å². The van der Waals surface area contributed by atoms with Crippen molar-refractivity contribution in [2.75, 3.05) is 20.3 Å². The number of carbonyl (C=O) groups excluding carboxylic acids is 1. The van der Waals surface area contributed by atoms with Crippen molar-refractivity contribution < 1.29 is 19.0 Å². The number of aromatic nitrogens is 3. The molecule has 1 amide bonds. The molecule has 9 nitrogen and oxygen atoms in total. The van der Waals surface area contributed by atoms with Gasteiger partial charge in [0.15, 0.2) is 18.2 Å². The molecule has 0 unspecified atom stereocenters. The van der Waals surface area contributed by atoms with Gasteiger partial charge >= 0.3 is 0 Å². The fourth-order valence-electron chi connectivity index (χ4n) is 3.50. The van der Waals surface area contributed by atoms with Gasteiger partial charge in [0.2, 0.25) is 0 Å². The van der Waals surface area contributed by atoms with E-state index in [1.807, 2.05) is 12.1 Å². The van der Waals surface area contributed by atoms with Gasteiger partial charge in [0, 0.05) is 11.6 Å². The fraction of sp³-hybridized carbons (Fsp3) is 0.238. The summed E-state index contributed by atoms with van der Waals surface area (Å²) in [6.45, 7) is 1.42. The number of fused-ring (bicyclic) bond motifs is 2. The van der Waals surface area contributed by atoms with Crippen molar-refractivity contribution in [1.82, 2.24) is 19.9 Å². The topological polar surface area (TPSA) is 91.1 Å². The highest BCUT2D eigenvalue weighted by Gasteiger charge is 2.32. The van der Waals surface area contributed by atoms with Crippen LogP contribution in [-0.4, -0.2) is 52.1 Å². The molecule has 0 bridgehead atoms. The van der Waals surface area contributed by atoms with E-state index in [1.165, 1.54) is 0 Å². The third-order valence-electron chi connectivity index (χ3n) is 5.00. The van der Waals surface area contributed by atoms with Crippen LogP contribution in [0.1, 0.15) is 12.0 Å². The number of carbonyl (C=O) groups is 1. The molecule has 1 saturated heterocycles. The smallest absolute Gasteiger partial charge is 0.300 e. The lowest BCUT2D eigenvalue weighted by Crippen LogP contribution is -2.35. The molecule has 0 spiro atoms. The summed E-state index contributed by atoms with van der Waals surface area (Å²) in [6.07, 6.45) is 2.61. The molecule has 2 aliphatic heterocycles. The Morgan fingerprint density at radius 1 is 1.23 bits per heavy atom. The lowest BCUT2D eigenvalue weighted by atomic mass is 10.1. The third kappa shape index (κ3) is 3.68. The quantitative estimate of drug-likeness (QED) is 0.564. The van der Waals surface area contributed by atoms with Crippen molar-refractivity contribution in [2.24, 2.45) is 4.99 Å². The second kappa shape index (κ2) is 7.92. The van der Waals surface area contributed by atoms with E-state index in [0.29, 0.717) is 46.9 Å². The Kier molecular flexibility index (Phi) is 4.95. The zero-order valence-corrected chi connectivity index (χ0v) is 17.4. The van der Waals surface area contributed by atoms with Gasteiger partial charge in [-0.15, -0.1) is 5.10 Å². The van der Waals surface area contributed by atoms with Gasteiger partial charge in [-0.25, -0.2) is 4.68 Å². The number of rotatable bonds is 5. The van der Waals surface area contributed by atoms with Crippen LogP contribution in [0.25, 0.3) is 17.1 Å². The van der Waals surface area contributed by atoms with Crippen molar-refractivity contribution in [3.8, 4) is 11.5 Å². The summed E-state index contributed by atoms with van der Waals surface area (Å²) < 4.78 is 18.5. The van der Waals surface area contributed by atoms with Crippen LogP contribution in [0, 0.1) is 0 Å². The number of nitrogens with zero attached hydrogens (tertiary/aromatic N) is 5. The average Bonchev–Trinajstić information content (AvgIpc) is 3.32. The van der Waals surface area contributed by atoms with E-state index in [4.69, 9.17) is 25.8 Å². The molecule has 3 heterocycles. The molecule has 31 heavy (non-hydrogen) atoms. The van der Waals surface area contributed by atoms with Crippen LogP contribution in [0.5, 0.6) is 11.5 Å². The van der Waals surface area contributed by atoms with Crippen LogP contribution in [0.2, 0.25) is 5.02 Å². The minimum Gasteiger partial charge on any atom is -0.493 e. The van der Waals surface area contributed by atoms with Gasteiger partial charge < -0.3 is 14.2 Å². The number of aliphatic imine (C=N–C) groups is 1. The Morgan fingerprint density at radius 3 is 3.00 bits per heavy atom. The van der Waals surface area contributed by atoms with Crippen LogP contribution in [0.15, 0.2) is 47.1 Å². The van der Waals surface area contributed by atoms with Crippen LogP contribution in [0.4, 0.5) is 0 Å². The Bertz CT molecular complexity index is 1240. The zero-order valence-electron chi connectivity index (χ0n) is 16.6. The van der Waals surface area contributed by atoms with Gasteiger partial charge in [-0.1, -0.05) is 22.9 Å². The molecule has 2 aliphatic rings. The largest absolute Gasteiger partial charge is 0.493 e. The lowest BCUT2D eigenvalue weighted by Gasteiger charge is -2.25. The van der Waals surface area contributed by atoms with E-state index < -0.39 is 0 Å². The first-order valence-corrected chi connectivity index (χ1v) is 10.0. The maximum Gasteiger partial charge on any atom is 0.300 e. The van der Waals surface area contributed by atoms with Crippen LogP contribution < -0.4 is 9.47 Å². The highest BCUT2D eigenvalue weighted by atomic mass is 35.5. The predicted octanol–water partition coefficient (Wildman–Crippen LogP) is 3.09. The van der Waals surface area contributed by atoms with Crippen molar-refractivity contribution >= 4 is 40.6 Å². The van der Waals surface area contributed by atoms with Gasteiger partial charge in [-0.2, -0.15) is 4.99 Å². The number of hydrogen-bond acceptors (Lipinski definition) is 7. The molecule has 1 fully saturated rings. The van der Waals surface area contributed by atoms with E-state index in [2.05, 4.69) is 15.3 Å². The molecule has 5 rings (SSSR count). The summed E-state index contributed by atoms with van der Waals surface area (Å²) in [7, 11) is 1.56. The molecule has 1 aromatic heterocycles. The van der Waals surface area contributed by atoms with Crippen LogP contribution >= 0.6 is 11.6 Å². The number of benzene rings is 2. The average molecular weight is 440 g/mol. The summed E-state index contributed by atoms with van der Waals surface area (Å²) in [5, 5.41) is 8.80. The molecule has 0 radical (unpaired) electrons. The Balaban J connectivity index is 1.36. The van der Waals surface area contributed by atoms with Crippen molar-refractivity contribution in [2.45, 2.75) is 13.2 Å². The van der Waals surface area contributed by atoms with Crippen molar-refractivity contribution in [3.63, 3.8) is 0 Å². The summed E-state index contributed by atoms with van der Waals surface area (Å²) in [5.74, 6) is 0.760. The monoisotopic (exact) mass is 439 g/mol. The van der Waals surface area contributed by atoms with E-state index in [1.54, 1.807) is 47.0 Å². The molecule has 0 saturated carbocycles. The minimum absolute atomic E-state index is 0.149. The molecular weight excluding hydrogens is 422 g/mol. The normalized spacial score (nSPS) is 17.0. The highest BCUT2D eigenvalue weighted by molar-refractivity contribution is 6.31. The maximum absolute atomic E-state index is 12.3. The highest BCUT2D eigenvalue weighted by Crippen LogP contribution is 2.31. The van der Waals surface area contributed by atoms with Gasteiger partial charge in [0.25, 0.3) is 11.9 Å². The summed E-state index contributed by atoms with van der Waals surface area (Å²) in [4.78, 5) is 18.0. The molecule has 0 aliphatic carbocycles. The third-order valence-corrected chi connectivity index (χ3v) is 5.24. The number of hydrogen-bond donors (Lipinski definition) is 0. The summed E-state index contributed by atoms with van der Waals surface area (Å²) in [5.41, 5.74) is 2.77. The molecular formula is C21H18ClN5O4. The first-order chi connectivity index (χ1) is 15.1. The van der Waals surface area contributed by atoms with Gasteiger partial charge in [0.1, 0.15) is 11.2 Å². The lowest BCUT2D eigenvalue weighted by molar-refractivity contribution is -0.114. The second-order valence-corrected chi connectivity index (χ2v) is 7.42. The zero-order chi connectivity index (χ0) is 21.4. The standard InChI is InChI=1S/C21H18ClN5O4/c1-29-19-10-13(9-17-20(28)23-21-26(17)7-2-8-30-21)3-6-18(19)31-12-27-16-5-4-14(22)11-15(16)24-25-27/h3-6,9-11H,2,7-8,12H2,1H3. The molecule has 0 atom stereocenters. The predicted molar refractivity (Wildman–Crippen MR) is 114 cm³/mol. The van der Waals surface area contributed by atoms with Gasteiger partial charge in [-0.3, -0.25) is 9.69 Å². The fourth-order valence-corrected chi connectivity index (χ4v) is 3.66. The minimum atomic E-state index is -0.311. The number of methoxy groups -OCH3 is 1. The number of halogens is 1. The summed E-state index contributed by atoms with van der Waals surface area (Å²) >= 11 is 6.00.